The Morgan fingerprint density at radius 1 is 0.221 bits per heavy atom. The van der Waals surface area contributed by atoms with E-state index in [1.165, 1.54) is 89.0 Å². The summed E-state index contributed by atoms with van der Waals surface area (Å²) in [5.74, 6) is 3.59. The SMILES string of the molecule is c1ccc(-c2ccc(N(c3ccc(-c4ccc5c(c4)-c4ccccc4C54c5ccccc5Oc5ccccc54)cc3)c3ccc(-c4cccc5c4-c4ccccc4C54c5ccccc5Oc5ccccc54)cc3)cc2)cc1. The van der Waals surface area contributed by atoms with Gasteiger partial charge in [0.15, 0.2) is 0 Å². The number of hydrogen-bond donors (Lipinski definition) is 0. The van der Waals surface area contributed by atoms with Crippen LogP contribution in [0.25, 0.3) is 55.6 Å². The van der Waals surface area contributed by atoms with Crippen molar-refractivity contribution in [2.45, 2.75) is 10.8 Å². The molecule has 360 valence electrons. The number of nitrogens with zero attached hydrogens (tertiary/aromatic N) is 1. The van der Waals surface area contributed by atoms with E-state index in [4.69, 9.17) is 9.47 Å². The molecule has 0 amide bonds. The molecule has 2 aliphatic heterocycles. The predicted octanol–water partition coefficient (Wildman–Crippen LogP) is 19.1. The lowest BCUT2D eigenvalue weighted by molar-refractivity contribution is 0.436. The molecule has 2 aliphatic carbocycles. The van der Waals surface area contributed by atoms with Crippen LogP contribution < -0.4 is 14.4 Å². The third-order valence-corrected chi connectivity index (χ3v) is 16.8. The van der Waals surface area contributed by atoms with E-state index in [0.29, 0.717) is 0 Å². The summed E-state index contributed by atoms with van der Waals surface area (Å²) >= 11 is 0. The largest absolute Gasteiger partial charge is 0.457 e. The van der Waals surface area contributed by atoms with Gasteiger partial charge in [-0.15, -0.1) is 0 Å². The third-order valence-electron chi connectivity index (χ3n) is 16.8. The summed E-state index contributed by atoms with van der Waals surface area (Å²) in [6.07, 6.45) is 0. The molecular weight excluding hydrogens is 935 g/mol. The van der Waals surface area contributed by atoms with Crippen LogP contribution in [0.5, 0.6) is 23.0 Å². The summed E-state index contributed by atoms with van der Waals surface area (Å²) in [6.45, 7) is 0. The molecule has 2 spiro atoms. The Balaban J connectivity index is 0.800. The number of rotatable bonds is 6. The number of anilines is 3. The zero-order valence-electron chi connectivity index (χ0n) is 41.9. The van der Waals surface area contributed by atoms with Crippen molar-refractivity contribution >= 4 is 17.1 Å². The zero-order valence-corrected chi connectivity index (χ0v) is 41.9. The van der Waals surface area contributed by atoms with Gasteiger partial charge in [-0.25, -0.2) is 0 Å². The van der Waals surface area contributed by atoms with Crippen molar-refractivity contribution in [2.75, 3.05) is 4.90 Å². The first-order valence-electron chi connectivity index (χ1n) is 26.6. The van der Waals surface area contributed by atoms with Crippen LogP contribution in [0.4, 0.5) is 17.1 Å². The van der Waals surface area contributed by atoms with E-state index in [1.54, 1.807) is 0 Å². The minimum Gasteiger partial charge on any atom is -0.457 e. The van der Waals surface area contributed by atoms with Crippen LogP contribution in [0.2, 0.25) is 0 Å². The van der Waals surface area contributed by atoms with Gasteiger partial charge in [-0.05, 0) is 145 Å². The lowest BCUT2D eigenvalue weighted by Gasteiger charge is -2.39. The van der Waals surface area contributed by atoms with Crippen LogP contribution in [0, 0.1) is 0 Å². The smallest absolute Gasteiger partial charge is 0.132 e. The third kappa shape index (κ3) is 6.20. The van der Waals surface area contributed by atoms with E-state index in [9.17, 15) is 0 Å². The summed E-state index contributed by atoms with van der Waals surface area (Å²) in [5, 5.41) is 0. The van der Waals surface area contributed by atoms with Crippen molar-refractivity contribution in [3.63, 3.8) is 0 Å². The molecule has 0 saturated heterocycles. The molecule has 0 bridgehead atoms. The van der Waals surface area contributed by atoms with Crippen molar-refractivity contribution in [3.05, 3.63) is 330 Å². The van der Waals surface area contributed by atoms with Crippen molar-refractivity contribution < 1.29 is 9.47 Å². The Bertz CT molecular complexity index is 4240. The van der Waals surface area contributed by atoms with Gasteiger partial charge in [-0.2, -0.15) is 0 Å². The Hall–Kier alpha value is -9.96. The van der Waals surface area contributed by atoms with Gasteiger partial charge in [0.25, 0.3) is 0 Å². The number of hydrogen-bond acceptors (Lipinski definition) is 3. The van der Waals surface area contributed by atoms with E-state index in [0.717, 1.165) is 51.2 Å². The molecule has 3 heteroatoms. The first-order chi connectivity index (χ1) is 38.2. The van der Waals surface area contributed by atoms with Gasteiger partial charge in [0.2, 0.25) is 0 Å². The average Bonchev–Trinajstić information content (AvgIpc) is 4.19. The fourth-order valence-corrected chi connectivity index (χ4v) is 13.7. The molecule has 2 heterocycles. The monoisotopic (exact) mass is 981 g/mol. The van der Waals surface area contributed by atoms with Crippen LogP contribution in [0.15, 0.2) is 285 Å². The molecule has 3 nitrogen and oxygen atoms in total. The normalized spacial score (nSPS) is 13.9. The van der Waals surface area contributed by atoms with Crippen LogP contribution in [0.1, 0.15) is 44.5 Å². The van der Waals surface area contributed by atoms with E-state index in [2.05, 4.69) is 290 Å². The van der Waals surface area contributed by atoms with Crippen LogP contribution in [-0.2, 0) is 10.8 Å². The molecule has 0 radical (unpaired) electrons. The molecule has 16 rings (SSSR count). The summed E-state index contributed by atoms with van der Waals surface area (Å²) in [4.78, 5) is 2.38. The number of benzene rings is 12. The van der Waals surface area contributed by atoms with Crippen molar-refractivity contribution in [1.82, 2.24) is 0 Å². The lowest BCUT2D eigenvalue weighted by atomic mass is 9.66. The Kier molecular flexibility index (Phi) is 9.47. The summed E-state index contributed by atoms with van der Waals surface area (Å²) < 4.78 is 13.2. The van der Waals surface area contributed by atoms with Gasteiger partial charge in [0, 0.05) is 39.3 Å². The minimum absolute atomic E-state index is 0.498. The number of ether oxygens (including phenoxy) is 2. The molecule has 12 aromatic carbocycles. The van der Waals surface area contributed by atoms with Crippen LogP contribution in [-0.4, -0.2) is 0 Å². The lowest BCUT2D eigenvalue weighted by Crippen LogP contribution is -2.32. The van der Waals surface area contributed by atoms with E-state index in [1.807, 2.05) is 0 Å². The number of fused-ring (bicyclic) bond motifs is 18. The van der Waals surface area contributed by atoms with Gasteiger partial charge >= 0.3 is 0 Å². The zero-order chi connectivity index (χ0) is 50.7. The molecule has 0 saturated carbocycles. The Morgan fingerprint density at radius 3 is 1.10 bits per heavy atom. The van der Waals surface area contributed by atoms with Gasteiger partial charge in [-0.1, -0.05) is 218 Å². The second kappa shape index (κ2) is 16.8. The van der Waals surface area contributed by atoms with Gasteiger partial charge in [0.05, 0.1) is 10.8 Å². The molecule has 0 aromatic heterocycles. The molecule has 0 fully saturated rings. The fourth-order valence-electron chi connectivity index (χ4n) is 13.7. The highest BCUT2D eigenvalue weighted by Crippen LogP contribution is 2.65. The van der Waals surface area contributed by atoms with E-state index >= 15 is 0 Å². The summed E-state index contributed by atoms with van der Waals surface area (Å²) in [6, 6.07) is 104. The molecule has 77 heavy (non-hydrogen) atoms. The van der Waals surface area contributed by atoms with E-state index in [-0.39, 0.29) is 0 Å². The Morgan fingerprint density at radius 2 is 0.571 bits per heavy atom. The van der Waals surface area contributed by atoms with Crippen LogP contribution in [0.3, 0.4) is 0 Å². The van der Waals surface area contributed by atoms with E-state index < -0.39 is 10.8 Å². The van der Waals surface area contributed by atoms with Crippen molar-refractivity contribution in [2.24, 2.45) is 0 Å². The second-order valence-electron chi connectivity index (χ2n) is 20.6. The first-order valence-corrected chi connectivity index (χ1v) is 26.6. The maximum Gasteiger partial charge on any atom is 0.132 e. The van der Waals surface area contributed by atoms with Crippen molar-refractivity contribution in [3.8, 4) is 78.6 Å². The molecule has 4 aliphatic rings. The summed E-state index contributed by atoms with van der Waals surface area (Å²) in [5.41, 5.74) is 24.1. The van der Waals surface area contributed by atoms with Gasteiger partial charge in [0.1, 0.15) is 23.0 Å². The van der Waals surface area contributed by atoms with Gasteiger partial charge in [-0.3, -0.25) is 0 Å². The Labute approximate surface area is 448 Å². The molecule has 0 unspecified atom stereocenters. The molecule has 0 atom stereocenters. The molecule has 12 aromatic rings. The van der Waals surface area contributed by atoms with Gasteiger partial charge < -0.3 is 14.4 Å². The second-order valence-corrected chi connectivity index (χ2v) is 20.6. The topological polar surface area (TPSA) is 21.7 Å². The minimum atomic E-state index is -0.530. The highest BCUT2D eigenvalue weighted by Gasteiger charge is 2.53. The predicted molar refractivity (Wildman–Crippen MR) is 312 cm³/mol. The average molecular weight is 982 g/mol. The van der Waals surface area contributed by atoms with Crippen molar-refractivity contribution in [1.29, 1.82) is 0 Å². The maximum absolute atomic E-state index is 6.63. The van der Waals surface area contributed by atoms with Crippen LogP contribution >= 0.6 is 0 Å². The molecule has 0 N–H and O–H groups in total. The fraction of sp³-hybridized carbons (Fsp3) is 0.0270. The maximum atomic E-state index is 6.63. The quantitative estimate of drug-likeness (QED) is 0.166. The highest BCUT2D eigenvalue weighted by atomic mass is 16.5. The standard InChI is InChI=1S/C74H47NO2/c1-2-17-48(18-3-1)49-33-40-53(41-34-49)75(54-42-35-50(36-43-54)52-39-46-62-59(47-52)57-19-4-6-22-60(57)73(62)63-24-8-12-29-68(63)76-69-30-13-9-25-64(69)73)55-44-37-51(38-45-55)56-21-16-28-67-72(56)58-20-5-7-23-61(58)74(67)65-26-10-14-31-70(65)77-71-32-15-11-27-66(71)74/h1-47H. The first kappa shape index (κ1) is 43.4. The number of para-hydroxylation sites is 4. The summed E-state index contributed by atoms with van der Waals surface area (Å²) in [7, 11) is 0. The molecular formula is C74H47NO2. The highest BCUT2D eigenvalue weighted by molar-refractivity contribution is 5.97.